The second-order valence-corrected chi connectivity index (χ2v) is 26.1. The van der Waals surface area contributed by atoms with Crippen molar-refractivity contribution in [3.8, 4) is 0 Å². The first kappa shape index (κ1) is 80.2. The fourth-order valence-electron chi connectivity index (χ4n) is 9.89. The first-order valence-electron chi connectivity index (χ1n) is 34.9. The van der Waals surface area contributed by atoms with E-state index in [0.29, 0.717) is 17.4 Å². The maximum Gasteiger partial charge on any atom is 0.306 e. The number of amides is 1. The van der Waals surface area contributed by atoms with Crippen LogP contribution in [0.3, 0.4) is 0 Å². The number of phosphoric acid groups is 1. The van der Waals surface area contributed by atoms with Crippen molar-refractivity contribution >= 4 is 19.7 Å². The molecule has 0 aromatic carbocycles. The van der Waals surface area contributed by atoms with Crippen molar-refractivity contribution in [1.29, 1.82) is 0 Å². The predicted octanol–water partition coefficient (Wildman–Crippen LogP) is 21.5. The molecule has 0 aliphatic heterocycles. The summed E-state index contributed by atoms with van der Waals surface area (Å²) >= 11 is 0. The Bertz CT molecular complexity index is 1700. The quantitative estimate of drug-likeness (QED) is 0.0212. The smallest absolute Gasteiger partial charge is 0.306 e. The average molecular weight is 1180 g/mol. The van der Waals surface area contributed by atoms with Crippen LogP contribution in [-0.2, 0) is 27.9 Å². The van der Waals surface area contributed by atoms with Gasteiger partial charge in [0.15, 0.2) is 0 Å². The molecule has 3 atom stereocenters. The van der Waals surface area contributed by atoms with E-state index in [0.717, 1.165) is 96.3 Å². The van der Waals surface area contributed by atoms with Crippen LogP contribution in [0.1, 0.15) is 316 Å². The molecule has 0 bridgehead atoms. The van der Waals surface area contributed by atoms with E-state index in [9.17, 15) is 19.0 Å². The largest absolute Gasteiger partial charge is 0.756 e. The summed E-state index contributed by atoms with van der Waals surface area (Å²) in [5.74, 6) is -0.547. The number of rotatable bonds is 63. The summed E-state index contributed by atoms with van der Waals surface area (Å²) in [4.78, 5) is 40.1. The summed E-state index contributed by atoms with van der Waals surface area (Å²) in [6.45, 7) is 6.80. The van der Waals surface area contributed by atoms with Gasteiger partial charge in [-0.3, -0.25) is 14.2 Å². The molecule has 482 valence electrons. The molecule has 1 amide bonds. The predicted molar refractivity (Wildman–Crippen MR) is 358 cm³/mol. The zero-order valence-electron chi connectivity index (χ0n) is 55.1. The number of hydrogen-bond acceptors (Lipinski definition) is 7. The summed E-state index contributed by atoms with van der Waals surface area (Å²) in [7, 11) is 1.18. The van der Waals surface area contributed by atoms with E-state index in [2.05, 4.69) is 99.0 Å². The third kappa shape index (κ3) is 63.5. The molecule has 83 heavy (non-hydrogen) atoms. The normalized spacial score (nSPS) is 14.1. The lowest BCUT2D eigenvalue weighted by atomic mass is 10.0. The van der Waals surface area contributed by atoms with E-state index >= 15 is 0 Å². The Kier molecular flexibility index (Phi) is 60.1. The van der Waals surface area contributed by atoms with Crippen molar-refractivity contribution in [1.82, 2.24) is 5.32 Å². The first-order valence-corrected chi connectivity index (χ1v) is 36.4. The Labute approximate surface area is 514 Å². The van der Waals surface area contributed by atoms with Crippen LogP contribution < -0.4 is 10.2 Å². The number of esters is 1. The van der Waals surface area contributed by atoms with E-state index in [1.54, 1.807) is 0 Å². The summed E-state index contributed by atoms with van der Waals surface area (Å²) in [5.41, 5.74) is 0. The third-order valence-corrected chi connectivity index (χ3v) is 16.3. The maximum absolute atomic E-state index is 13.6. The number of ether oxygens (including phenoxy) is 1. The van der Waals surface area contributed by atoms with E-state index in [1.165, 1.54) is 186 Å². The highest BCUT2D eigenvalue weighted by Crippen LogP contribution is 2.38. The van der Waals surface area contributed by atoms with Gasteiger partial charge in [0.1, 0.15) is 19.3 Å². The molecule has 0 spiro atoms. The van der Waals surface area contributed by atoms with Crippen LogP contribution in [0, 0.1) is 0 Å². The zero-order chi connectivity index (χ0) is 60.7. The monoisotopic (exact) mass is 1180 g/mol. The van der Waals surface area contributed by atoms with Crippen LogP contribution in [0.2, 0.25) is 0 Å². The number of hydrogen-bond donors (Lipinski definition) is 1. The number of unbranched alkanes of at least 4 members (excludes halogenated alkanes) is 35. The van der Waals surface area contributed by atoms with Crippen LogP contribution in [-0.4, -0.2) is 69.4 Å². The van der Waals surface area contributed by atoms with Crippen molar-refractivity contribution in [2.45, 2.75) is 328 Å². The lowest BCUT2D eigenvalue weighted by Gasteiger charge is -2.30. The van der Waals surface area contributed by atoms with E-state index in [1.807, 2.05) is 33.3 Å². The van der Waals surface area contributed by atoms with Gasteiger partial charge in [0.25, 0.3) is 7.82 Å². The van der Waals surface area contributed by atoms with Crippen molar-refractivity contribution in [2.24, 2.45) is 0 Å². The fourth-order valence-corrected chi connectivity index (χ4v) is 10.6. The van der Waals surface area contributed by atoms with E-state index in [4.69, 9.17) is 13.8 Å². The van der Waals surface area contributed by atoms with Crippen LogP contribution in [0.15, 0.2) is 85.1 Å². The Morgan fingerprint density at radius 2 is 0.735 bits per heavy atom. The van der Waals surface area contributed by atoms with Crippen molar-refractivity contribution in [3.63, 3.8) is 0 Å². The highest BCUT2D eigenvalue weighted by atomic mass is 31.2. The number of carbonyl (C=O) groups excluding carboxylic acids is 2. The standard InChI is InChI=1S/C73H133N2O7P/c1-7-10-13-16-19-22-25-27-29-31-33-35-36-37-38-40-42-44-46-48-51-54-57-60-63-66-73(77)82-71(64-61-58-55-52-49-24-21-18-15-12-9-3)70(69-81-83(78,79)80-68-67-75(4,5)6)74-72(76)65-62-59-56-53-50-47-45-43-41-39-34-32-30-28-26-23-20-17-14-11-8-2/h19-20,22-23,27-30,33-35,39,61,64,70-71H,7-18,21,24-26,31-32,36-38,40-60,62-63,65-69H2,1-6H3,(H-,74,76,78,79)/b22-19-,23-20-,29-27-,30-28-,35-33-,39-34-,64-61+. The van der Waals surface area contributed by atoms with Crippen molar-refractivity contribution < 1.29 is 37.3 Å². The number of quaternary nitrogens is 1. The minimum Gasteiger partial charge on any atom is -0.756 e. The SMILES string of the molecule is CCCCC/C=C\C/C=C\C/C=C\CCCCCCCCCCCCCCC(=O)OC(/C=C/CCCCCCCCCCC)C(COP(=O)([O-])OCC[N+](C)(C)C)NC(=O)CCCCCCCCCC/C=C\C/C=C\C/C=C\CCCCC. The Balaban J connectivity index is 5.06. The lowest BCUT2D eigenvalue weighted by molar-refractivity contribution is -0.870. The maximum atomic E-state index is 13.6. The minimum atomic E-state index is -4.71. The Morgan fingerprint density at radius 1 is 0.422 bits per heavy atom. The zero-order valence-corrected chi connectivity index (χ0v) is 56.0. The number of nitrogens with zero attached hydrogens (tertiary/aromatic N) is 1. The molecule has 0 saturated carbocycles. The minimum absolute atomic E-state index is 0.0266. The summed E-state index contributed by atoms with van der Waals surface area (Å²) in [5, 5.41) is 3.04. The summed E-state index contributed by atoms with van der Waals surface area (Å²) in [6, 6.07) is -0.897. The molecule has 0 saturated heterocycles. The Hall–Kier alpha value is -2.81. The van der Waals surface area contributed by atoms with E-state index in [-0.39, 0.29) is 24.9 Å². The van der Waals surface area contributed by atoms with Crippen molar-refractivity contribution in [3.05, 3.63) is 85.1 Å². The fraction of sp³-hybridized carbons (Fsp3) is 0.781. The molecule has 0 fully saturated rings. The molecule has 0 aromatic heterocycles. The number of likely N-dealkylation sites (N-methyl/N-ethyl adjacent to an activating group) is 1. The average Bonchev–Trinajstić information content (AvgIpc) is 3.51. The van der Waals surface area contributed by atoms with Gasteiger partial charge in [-0.1, -0.05) is 280 Å². The summed E-state index contributed by atoms with van der Waals surface area (Å²) < 4.78 is 30.4. The molecule has 0 aliphatic rings. The molecule has 0 radical (unpaired) electrons. The van der Waals surface area contributed by atoms with Crippen LogP contribution >= 0.6 is 7.82 Å². The van der Waals surface area contributed by atoms with Gasteiger partial charge < -0.3 is 28.5 Å². The number of phosphoric ester groups is 1. The van der Waals surface area contributed by atoms with E-state index < -0.39 is 26.6 Å². The van der Waals surface area contributed by atoms with Gasteiger partial charge in [0, 0.05) is 12.8 Å². The van der Waals surface area contributed by atoms with Gasteiger partial charge in [0.2, 0.25) is 5.91 Å². The Morgan fingerprint density at radius 3 is 1.12 bits per heavy atom. The molecular formula is C73H133N2O7P. The molecule has 0 rings (SSSR count). The molecule has 9 nitrogen and oxygen atoms in total. The van der Waals surface area contributed by atoms with Crippen molar-refractivity contribution in [2.75, 3.05) is 40.9 Å². The number of allylic oxidation sites excluding steroid dienone is 13. The van der Waals surface area contributed by atoms with Crippen LogP contribution in [0.4, 0.5) is 0 Å². The molecule has 0 aromatic rings. The second kappa shape index (κ2) is 62.2. The van der Waals surface area contributed by atoms with Gasteiger partial charge in [-0.25, -0.2) is 0 Å². The topological polar surface area (TPSA) is 114 Å². The van der Waals surface area contributed by atoms with Gasteiger partial charge in [-0.05, 0) is 109 Å². The summed E-state index contributed by atoms with van der Waals surface area (Å²) in [6.07, 6.45) is 82.7. The van der Waals surface area contributed by atoms with Gasteiger partial charge >= 0.3 is 5.97 Å². The van der Waals surface area contributed by atoms with Gasteiger partial charge in [-0.2, -0.15) is 0 Å². The van der Waals surface area contributed by atoms with Crippen LogP contribution in [0.5, 0.6) is 0 Å². The molecular weight excluding hydrogens is 1050 g/mol. The molecule has 10 heteroatoms. The first-order chi connectivity index (χ1) is 40.4. The van der Waals surface area contributed by atoms with Crippen LogP contribution in [0.25, 0.3) is 0 Å². The highest BCUT2D eigenvalue weighted by Gasteiger charge is 2.27. The lowest BCUT2D eigenvalue weighted by Crippen LogP contribution is -2.47. The van der Waals surface area contributed by atoms with Gasteiger partial charge in [-0.15, -0.1) is 0 Å². The van der Waals surface area contributed by atoms with Gasteiger partial charge in [0.05, 0.1) is 33.8 Å². The second-order valence-electron chi connectivity index (χ2n) is 24.7. The molecule has 3 unspecified atom stereocenters. The highest BCUT2D eigenvalue weighted by molar-refractivity contribution is 7.45. The molecule has 0 aliphatic carbocycles. The number of carbonyl (C=O) groups is 2. The molecule has 1 N–H and O–H groups in total. The third-order valence-electron chi connectivity index (χ3n) is 15.3. The number of nitrogens with one attached hydrogen (secondary N) is 1. The molecule has 0 heterocycles.